The van der Waals surface area contributed by atoms with E-state index in [1.807, 2.05) is 35.9 Å². The van der Waals surface area contributed by atoms with E-state index in [2.05, 4.69) is 24.0 Å². The fourth-order valence-electron chi connectivity index (χ4n) is 1.72. The molecule has 1 aromatic carbocycles. The van der Waals surface area contributed by atoms with Crippen LogP contribution in [0.25, 0.3) is 11.4 Å². The molecule has 0 fully saturated rings. The quantitative estimate of drug-likeness (QED) is 0.800. The zero-order chi connectivity index (χ0) is 11.7. The van der Waals surface area contributed by atoms with Crippen LogP contribution in [0.4, 0.5) is 0 Å². The van der Waals surface area contributed by atoms with Crippen molar-refractivity contribution in [3.63, 3.8) is 0 Å². The molecule has 1 aromatic heterocycles. The van der Waals surface area contributed by atoms with Crippen LogP contribution in [0.5, 0.6) is 0 Å². The second kappa shape index (κ2) is 4.26. The Labute approximate surface area is 100 Å². The first-order valence-corrected chi connectivity index (χ1v) is 5.63. The van der Waals surface area contributed by atoms with Gasteiger partial charge in [-0.25, -0.2) is 0 Å². The van der Waals surface area contributed by atoms with E-state index < -0.39 is 0 Å². The van der Waals surface area contributed by atoms with Crippen molar-refractivity contribution in [1.82, 2.24) is 14.8 Å². The number of nitrogens with zero attached hydrogens (tertiary/aromatic N) is 3. The van der Waals surface area contributed by atoms with Crippen LogP contribution in [0.15, 0.2) is 24.3 Å². The number of hydrogen-bond acceptors (Lipinski definition) is 2. The number of benzene rings is 1. The maximum absolute atomic E-state index is 6.14. The van der Waals surface area contributed by atoms with Gasteiger partial charge in [0.1, 0.15) is 5.82 Å². The highest BCUT2D eigenvalue weighted by Crippen LogP contribution is 2.27. The summed E-state index contributed by atoms with van der Waals surface area (Å²) in [6.07, 6.45) is 0. The number of hydrogen-bond donors (Lipinski definition) is 0. The van der Waals surface area contributed by atoms with Crippen LogP contribution in [0.1, 0.15) is 25.6 Å². The van der Waals surface area contributed by atoms with Gasteiger partial charge in [0.15, 0.2) is 5.82 Å². The van der Waals surface area contributed by atoms with Gasteiger partial charge in [-0.15, -0.1) is 10.2 Å². The Bertz CT molecular complexity index is 503. The molecule has 1 heterocycles. The van der Waals surface area contributed by atoms with Crippen molar-refractivity contribution < 1.29 is 0 Å². The van der Waals surface area contributed by atoms with Crippen LogP contribution in [0, 0.1) is 0 Å². The molecule has 0 amide bonds. The molecule has 2 aromatic rings. The van der Waals surface area contributed by atoms with Gasteiger partial charge in [0.25, 0.3) is 0 Å². The molecule has 0 saturated heterocycles. The molecule has 0 unspecified atom stereocenters. The van der Waals surface area contributed by atoms with E-state index in [9.17, 15) is 0 Å². The van der Waals surface area contributed by atoms with Gasteiger partial charge in [0.05, 0.1) is 5.02 Å². The first kappa shape index (κ1) is 11.1. The van der Waals surface area contributed by atoms with Gasteiger partial charge in [0.2, 0.25) is 0 Å². The molecule has 0 radical (unpaired) electrons. The minimum Gasteiger partial charge on any atom is -0.314 e. The summed E-state index contributed by atoms with van der Waals surface area (Å²) in [7, 11) is 1.97. The van der Waals surface area contributed by atoms with Gasteiger partial charge in [-0.1, -0.05) is 37.6 Å². The van der Waals surface area contributed by atoms with Gasteiger partial charge in [-0.05, 0) is 12.1 Å². The molecule has 0 atom stereocenters. The molecular formula is C12H14ClN3. The Morgan fingerprint density at radius 1 is 1.19 bits per heavy atom. The second-order valence-corrected chi connectivity index (χ2v) is 4.48. The number of aromatic nitrogens is 3. The summed E-state index contributed by atoms with van der Waals surface area (Å²) >= 11 is 6.14. The third-order valence-corrected chi connectivity index (χ3v) is 2.87. The van der Waals surface area contributed by atoms with Crippen LogP contribution in [0.2, 0.25) is 5.02 Å². The zero-order valence-electron chi connectivity index (χ0n) is 9.61. The average molecular weight is 236 g/mol. The molecule has 3 nitrogen and oxygen atoms in total. The van der Waals surface area contributed by atoms with E-state index >= 15 is 0 Å². The summed E-state index contributed by atoms with van der Waals surface area (Å²) in [5, 5.41) is 9.09. The van der Waals surface area contributed by atoms with Crippen molar-refractivity contribution >= 4 is 11.6 Å². The van der Waals surface area contributed by atoms with Crippen LogP contribution in [-0.2, 0) is 7.05 Å². The van der Waals surface area contributed by atoms with Gasteiger partial charge in [0, 0.05) is 18.5 Å². The predicted octanol–water partition coefficient (Wildman–Crippen LogP) is 3.26. The Morgan fingerprint density at radius 2 is 1.88 bits per heavy atom. The highest BCUT2D eigenvalue weighted by Gasteiger charge is 2.14. The molecule has 84 valence electrons. The summed E-state index contributed by atoms with van der Waals surface area (Å²) in [5.74, 6) is 2.14. The van der Waals surface area contributed by atoms with E-state index in [0.717, 1.165) is 17.2 Å². The molecule has 0 aliphatic rings. The van der Waals surface area contributed by atoms with Crippen molar-refractivity contribution in [2.24, 2.45) is 7.05 Å². The van der Waals surface area contributed by atoms with Crippen molar-refractivity contribution in [3.8, 4) is 11.4 Å². The standard InChI is InChI=1S/C12H14ClN3/c1-8(2)11-14-15-12(16(11)3)9-6-4-5-7-10(9)13/h4-8H,1-3H3. The van der Waals surface area contributed by atoms with Crippen LogP contribution in [-0.4, -0.2) is 14.8 Å². The van der Waals surface area contributed by atoms with Crippen LogP contribution in [0.3, 0.4) is 0 Å². The molecule has 0 saturated carbocycles. The lowest BCUT2D eigenvalue weighted by Crippen LogP contribution is -2.01. The van der Waals surface area contributed by atoms with E-state index in [1.54, 1.807) is 0 Å². The maximum Gasteiger partial charge on any atom is 0.165 e. The Kier molecular flexibility index (Phi) is 2.97. The number of halogens is 1. The van der Waals surface area contributed by atoms with Crippen molar-refractivity contribution in [2.75, 3.05) is 0 Å². The topological polar surface area (TPSA) is 30.7 Å². The van der Waals surface area contributed by atoms with Gasteiger partial charge in [-0.2, -0.15) is 0 Å². The lowest BCUT2D eigenvalue weighted by molar-refractivity contribution is 0.711. The van der Waals surface area contributed by atoms with E-state index in [1.165, 1.54) is 0 Å². The van der Waals surface area contributed by atoms with E-state index in [4.69, 9.17) is 11.6 Å². The van der Waals surface area contributed by atoms with Crippen LogP contribution >= 0.6 is 11.6 Å². The van der Waals surface area contributed by atoms with E-state index in [0.29, 0.717) is 10.9 Å². The minimum atomic E-state index is 0.355. The van der Waals surface area contributed by atoms with Gasteiger partial charge >= 0.3 is 0 Å². The fraction of sp³-hybridized carbons (Fsp3) is 0.333. The molecule has 16 heavy (non-hydrogen) atoms. The predicted molar refractivity (Wildman–Crippen MR) is 65.5 cm³/mol. The Hall–Kier alpha value is -1.35. The first-order valence-electron chi connectivity index (χ1n) is 5.25. The largest absolute Gasteiger partial charge is 0.314 e. The molecule has 4 heteroatoms. The third-order valence-electron chi connectivity index (χ3n) is 2.54. The zero-order valence-corrected chi connectivity index (χ0v) is 10.4. The van der Waals surface area contributed by atoms with E-state index in [-0.39, 0.29) is 0 Å². The highest BCUT2D eigenvalue weighted by molar-refractivity contribution is 6.33. The normalized spacial score (nSPS) is 11.1. The fourth-order valence-corrected chi connectivity index (χ4v) is 1.94. The van der Waals surface area contributed by atoms with Gasteiger partial charge in [-0.3, -0.25) is 0 Å². The molecule has 0 spiro atoms. The summed E-state index contributed by atoms with van der Waals surface area (Å²) in [6.45, 7) is 4.20. The summed E-state index contributed by atoms with van der Waals surface area (Å²) < 4.78 is 1.99. The number of rotatable bonds is 2. The lowest BCUT2D eigenvalue weighted by Gasteiger charge is -2.07. The average Bonchev–Trinajstić information content (AvgIpc) is 2.61. The summed E-state index contributed by atoms with van der Waals surface area (Å²) in [6, 6.07) is 7.67. The van der Waals surface area contributed by atoms with Crippen molar-refractivity contribution in [2.45, 2.75) is 19.8 Å². The highest BCUT2D eigenvalue weighted by atomic mass is 35.5. The smallest absolute Gasteiger partial charge is 0.165 e. The van der Waals surface area contributed by atoms with Crippen LogP contribution < -0.4 is 0 Å². The third kappa shape index (κ3) is 1.83. The molecular weight excluding hydrogens is 222 g/mol. The molecule has 2 rings (SSSR count). The first-order chi connectivity index (χ1) is 7.61. The summed E-state index contributed by atoms with van der Waals surface area (Å²) in [5.41, 5.74) is 0.922. The monoisotopic (exact) mass is 235 g/mol. The second-order valence-electron chi connectivity index (χ2n) is 4.08. The minimum absolute atomic E-state index is 0.355. The maximum atomic E-state index is 6.14. The molecule has 0 N–H and O–H groups in total. The van der Waals surface area contributed by atoms with Crippen molar-refractivity contribution in [3.05, 3.63) is 35.1 Å². The Morgan fingerprint density at radius 3 is 2.44 bits per heavy atom. The molecule has 0 aliphatic carbocycles. The SMILES string of the molecule is CC(C)c1nnc(-c2ccccc2Cl)n1C. The van der Waals surface area contributed by atoms with Crippen molar-refractivity contribution in [1.29, 1.82) is 0 Å². The molecule has 0 bridgehead atoms. The Balaban J connectivity index is 2.54. The van der Waals surface area contributed by atoms with Gasteiger partial charge < -0.3 is 4.57 Å². The molecule has 0 aliphatic heterocycles. The summed E-state index contributed by atoms with van der Waals surface area (Å²) in [4.78, 5) is 0. The lowest BCUT2D eigenvalue weighted by atomic mass is 10.2.